The molecule has 36 heavy (non-hydrogen) atoms. The molecule has 1 amide bonds. The third-order valence-corrected chi connectivity index (χ3v) is 6.95. The summed E-state index contributed by atoms with van der Waals surface area (Å²) in [6, 6.07) is 31.8. The van der Waals surface area contributed by atoms with E-state index in [1.165, 1.54) is 0 Å². The molecule has 1 atom stereocenters. The van der Waals surface area contributed by atoms with Crippen LogP contribution < -0.4 is 9.47 Å². The van der Waals surface area contributed by atoms with E-state index in [1.807, 2.05) is 71.6 Å². The van der Waals surface area contributed by atoms with Crippen molar-refractivity contribution in [2.45, 2.75) is 12.6 Å². The van der Waals surface area contributed by atoms with Crippen molar-refractivity contribution in [3.8, 4) is 22.8 Å². The van der Waals surface area contributed by atoms with Crippen LogP contribution in [0, 0.1) is 0 Å². The fourth-order valence-electron chi connectivity index (χ4n) is 5.29. The molecule has 0 bridgehead atoms. The molecule has 5 aromatic rings. The first-order valence-corrected chi connectivity index (χ1v) is 12.0. The highest BCUT2D eigenvalue weighted by molar-refractivity contribution is 6.02. The molecule has 0 aliphatic carbocycles. The summed E-state index contributed by atoms with van der Waals surface area (Å²) < 4.78 is 11.3. The zero-order valence-corrected chi connectivity index (χ0v) is 20.2. The van der Waals surface area contributed by atoms with Crippen molar-refractivity contribution in [3.05, 3.63) is 119 Å². The van der Waals surface area contributed by atoms with Crippen molar-refractivity contribution in [2.75, 3.05) is 14.2 Å². The smallest absolute Gasteiger partial charge is 0.255 e. The van der Waals surface area contributed by atoms with E-state index in [4.69, 9.17) is 9.47 Å². The zero-order chi connectivity index (χ0) is 24.6. The zero-order valence-electron chi connectivity index (χ0n) is 20.2. The third-order valence-electron chi connectivity index (χ3n) is 6.95. The molecular formula is C31H26N2O3. The van der Waals surface area contributed by atoms with Crippen LogP contribution >= 0.6 is 0 Å². The summed E-state index contributed by atoms with van der Waals surface area (Å²) in [6.45, 7) is 0.507. The largest absolute Gasteiger partial charge is 0.497 e. The van der Waals surface area contributed by atoms with Gasteiger partial charge in [-0.2, -0.15) is 0 Å². The maximum absolute atomic E-state index is 13.8. The molecular weight excluding hydrogens is 448 g/mol. The lowest BCUT2D eigenvalue weighted by Crippen LogP contribution is -2.28. The molecule has 0 fully saturated rings. The Morgan fingerprint density at radius 1 is 0.806 bits per heavy atom. The molecule has 4 aromatic carbocycles. The van der Waals surface area contributed by atoms with Crippen molar-refractivity contribution >= 4 is 16.8 Å². The Hall–Kier alpha value is -4.51. The number of rotatable bonds is 6. The Bertz CT molecular complexity index is 1570. The van der Waals surface area contributed by atoms with E-state index in [2.05, 4.69) is 35.3 Å². The van der Waals surface area contributed by atoms with Crippen LogP contribution in [-0.4, -0.2) is 30.0 Å². The summed E-state index contributed by atoms with van der Waals surface area (Å²) in [6.07, 6.45) is 0. The number of nitrogens with one attached hydrogen (secondary N) is 1. The minimum Gasteiger partial charge on any atom is -0.497 e. The van der Waals surface area contributed by atoms with Gasteiger partial charge in [-0.1, -0.05) is 66.7 Å². The monoisotopic (exact) mass is 474 g/mol. The van der Waals surface area contributed by atoms with E-state index in [1.54, 1.807) is 14.2 Å². The second kappa shape index (κ2) is 8.93. The number of aromatic nitrogens is 1. The van der Waals surface area contributed by atoms with Crippen LogP contribution in [0.25, 0.3) is 22.2 Å². The van der Waals surface area contributed by atoms with Gasteiger partial charge in [-0.05, 0) is 41.5 Å². The molecule has 1 aliphatic heterocycles. The highest BCUT2D eigenvalue weighted by Gasteiger charge is 2.40. The first kappa shape index (κ1) is 22.0. The van der Waals surface area contributed by atoms with Crippen LogP contribution in [0.1, 0.15) is 33.1 Å². The molecule has 0 radical (unpaired) electrons. The highest BCUT2D eigenvalue weighted by Crippen LogP contribution is 2.47. The summed E-state index contributed by atoms with van der Waals surface area (Å²) in [7, 11) is 3.33. The SMILES string of the molecule is COc1ccc(OC)c(-c2[nH]c3ccccc3c2[C@H]2c3ccccc3C(=O)N2Cc2ccccc2)c1. The van der Waals surface area contributed by atoms with E-state index in [-0.39, 0.29) is 11.9 Å². The molecule has 1 N–H and O–H groups in total. The normalized spacial score (nSPS) is 14.8. The van der Waals surface area contributed by atoms with Gasteiger partial charge < -0.3 is 19.4 Å². The Balaban J connectivity index is 1.63. The van der Waals surface area contributed by atoms with Crippen molar-refractivity contribution in [1.82, 2.24) is 9.88 Å². The van der Waals surface area contributed by atoms with E-state index in [0.717, 1.165) is 55.9 Å². The van der Waals surface area contributed by atoms with Crippen molar-refractivity contribution < 1.29 is 14.3 Å². The Morgan fingerprint density at radius 2 is 1.56 bits per heavy atom. The van der Waals surface area contributed by atoms with E-state index >= 15 is 0 Å². The number of nitrogens with zero attached hydrogens (tertiary/aromatic N) is 1. The van der Waals surface area contributed by atoms with Gasteiger partial charge in [0, 0.05) is 34.1 Å². The number of aromatic amines is 1. The lowest BCUT2D eigenvalue weighted by atomic mass is 9.92. The fraction of sp³-hybridized carbons (Fsp3) is 0.129. The van der Waals surface area contributed by atoms with Crippen LogP contribution in [0.5, 0.6) is 11.5 Å². The summed E-state index contributed by atoms with van der Waals surface area (Å²) in [4.78, 5) is 19.4. The van der Waals surface area contributed by atoms with Gasteiger partial charge in [-0.15, -0.1) is 0 Å². The molecule has 178 valence electrons. The standard InChI is InChI=1S/C31H26N2O3/c1-35-21-16-17-27(36-2)25(18-21)29-28(24-14-8-9-15-26(24)32-29)30-22-12-6-7-13-23(22)31(34)33(30)19-20-10-4-3-5-11-20/h3-18,30,32H,19H2,1-2H3/t30-/m1/s1. The van der Waals surface area contributed by atoms with Crippen molar-refractivity contribution in [3.63, 3.8) is 0 Å². The average Bonchev–Trinajstić information content (AvgIpc) is 3.44. The van der Waals surface area contributed by atoms with Crippen LogP contribution in [0.15, 0.2) is 97.1 Å². The van der Waals surface area contributed by atoms with Gasteiger partial charge in [0.15, 0.2) is 0 Å². The Labute approximate surface area is 209 Å². The molecule has 1 aliphatic rings. The van der Waals surface area contributed by atoms with Crippen LogP contribution in [0.4, 0.5) is 0 Å². The first-order chi connectivity index (χ1) is 17.7. The predicted molar refractivity (Wildman–Crippen MR) is 141 cm³/mol. The van der Waals surface area contributed by atoms with Crippen LogP contribution in [-0.2, 0) is 6.54 Å². The topological polar surface area (TPSA) is 54.6 Å². The number of ether oxygens (including phenoxy) is 2. The second-order valence-corrected chi connectivity index (χ2v) is 8.93. The number of fused-ring (bicyclic) bond motifs is 2. The number of carbonyl (C=O) groups excluding carboxylic acids is 1. The number of carbonyl (C=O) groups is 1. The fourth-order valence-corrected chi connectivity index (χ4v) is 5.29. The summed E-state index contributed by atoms with van der Waals surface area (Å²) in [5, 5.41) is 1.07. The van der Waals surface area contributed by atoms with E-state index in [0.29, 0.717) is 6.54 Å². The average molecular weight is 475 g/mol. The molecule has 6 rings (SSSR count). The molecule has 5 nitrogen and oxygen atoms in total. The van der Waals surface area contributed by atoms with E-state index < -0.39 is 0 Å². The maximum atomic E-state index is 13.8. The van der Waals surface area contributed by atoms with Gasteiger partial charge in [-0.25, -0.2) is 0 Å². The highest BCUT2D eigenvalue weighted by atomic mass is 16.5. The number of hydrogen-bond donors (Lipinski definition) is 1. The van der Waals surface area contributed by atoms with Gasteiger partial charge in [0.05, 0.1) is 26.0 Å². The molecule has 1 aromatic heterocycles. The summed E-state index contributed by atoms with van der Waals surface area (Å²) in [5.74, 6) is 1.50. The second-order valence-electron chi connectivity index (χ2n) is 8.93. The minimum absolute atomic E-state index is 0.0355. The number of hydrogen-bond acceptors (Lipinski definition) is 3. The molecule has 5 heteroatoms. The number of para-hydroxylation sites is 1. The van der Waals surface area contributed by atoms with Gasteiger partial charge in [0.1, 0.15) is 11.5 Å². The van der Waals surface area contributed by atoms with E-state index in [9.17, 15) is 4.79 Å². The molecule has 0 spiro atoms. The van der Waals surface area contributed by atoms with Crippen LogP contribution in [0.3, 0.4) is 0 Å². The number of amides is 1. The maximum Gasteiger partial charge on any atom is 0.255 e. The number of H-pyrrole nitrogens is 1. The Kier molecular flexibility index (Phi) is 5.45. The number of benzene rings is 4. The lowest BCUT2D eigenvalue weighted by molar-refractivity contribution is 0.0737. The van der Waals surface area contributed by atoms with Gasteiger partial charge in [0.2, 0.25) is 0 Å². The first-order valence-electron chi connectivity index (χ1n) is 12.0. The molecule has 2 heterocycles. The van der Waals surface area contributed by atoms with Gasteiger partial charge >= 0.3 is 0 Å². The van der Waals surface area contributed by atoms with Gasteiger partial charge in [-0.3, -0.25) is 4.79 Å². The Morgan fingerprint density at radius 3 is 2.36 bits per heavy atom. The van der Waals surface area contributed by atoms with Gasteiger partial charge in [0.25, 0.3) is 5.91 Å². The van der Waals surface area contributed by atoms with Crippen molar-refractivity contribution in [2.24, 2.45) is 0 Å². The lowest BCUT2D eigenvalue weighted by Gasteiger charge is -2.27. The summed E-state index contributed by atoms with van der Waals surface area (Å²) in [5.41, 5.74) is 6.69. The molecule has 0 saturated heterocycles. The summed E-state index contributed by atoms with van der Waals surface area (Å²) >= 11 is 0. The molecule has 0 saturated carbocycles. The predicted octanol–water partition coefficient (Wildman–Crippen LogP) is 6.60. The third kappa shape index (κ3) is 3.52. The number of methoxy groups -OCH3 is 2. The minimum atomic E-state index is -0.268. The quantitative estimate of drug-likeness (QED) is 0.302. The van der Waals surface area contributed by atoms with Crippen molar-refractivity contribution in [1.29, 1.82) is 0 Å². The molecule has 0 unspecified atom stereocenters. The van der Waals surface area contributed by atoms with Crippen LogP contribution in [0.2, 0.25) is 0 Å².